The smallest absolute Gasteiger partial charge is 0.253 e. The van der Waals surface area contributed by atoms with Crippen LogP contribution in [0.15, 0.2) is 18.2 Å². The molecule has 3 aliphatic rings. The van der Waals surface area contributed by atoms with Gasteiger partial charge >= 0.3 is 0 Å². The first-order valence-corrected chi connectivity index (χ1v) is 10.5. The molecule has 29 heavy (non-hydrogen) atoms. The molecule has 1 aromatic heterocycles. The van der Waals surface area contributed by atoms with Crippen LogP contribution in [0.1, 0.15) is 51.1 Å². The van der Waals surface area contributed by atoms with Crippen molar-refractivity contribution < 1.29 is 14.6 Å². The van der Waals surface area contributed by atoms with Crippen LogP contribution in [-0.2, 0) is 19.4 Å². The number of amides is 1. The van der Waals surface area contributed by atoms with Crippen molar-refractivity contribution in [1.29, 1.82) is 0 Å². The van der Waals surface area contributed by atoms with Crippen LogP contribution in [0.5, 0.6) is 5.75 Å². The van der Waals surface area contributed by atoms with Crippen LogP contribution in [0.2, 0.25) is 0 Å². The van der Waals surface area contributed by atoms with E-state index in [2.05, 4.69) is 29.3 Å². The minimum Gasteiger partial charge on any atom is -0.490 e. The van der Waals surface area contributed by atoms with Gasteiger partial charge in [-0.15, -0.1) is 0 Å². The van der Waals surface area contributed by atoms with Crippen molar-refractivity contribution in [2.45, 2.75) is 58.3 Å². The lowest BCUT2D eigenvalue weighted by Gasteiger charge is -2.34. The molecule has 1 aliphatic carbocycles. The van der Waals surface area contributed by atoms with Gasteiger partial charge in [0.05, 0.1) is 23.9 Å². The van der Waals surface area contributed by atoms with Gasteiger partial charge in [0.2, 0.25) is 0 Å². The van der Waals surface area contributed by atoms with Gasteiger partial charge < -0.3 is 20.1 Å². The number of aliphatic hydroxyl groups is 1. The van der Waals surface area contributed by atoms with Crippen molar-refractivity contribution in [3.63, 3.8) is 0 Å². The third kappa shape index (κ3) is 3.25. The van der Waals surface area contributed by atoms with Crippen molar-refractivity contribution in [3.8, 4) is 5.75 Å². The Labute approximate surface area is 170 Å². The summed E-state index contributed by atoms with van der Waals surface area (Å²) >= 11 is 0. The van der Waals surface area contributed by atoms with Crippen molar-refractivity contribution in [1.82, 2.24) is 10.3 Å². The van der Waals surface area contributed by atoms with Gasteiger partial charge in [-0.3, -0.25) is 4.79 Å². The van der Waals surface area contributed by atoms with Crippen LogP contribution >= 0.6 is 0 Å². The third-order valence-electron chi connectivity index (χ3n) is 6.58. The van der Waals surface area contributed by atoms with Crippen LogP contribution in [0, 0.1) is 13.8 Å². The Morgan fingerprint density at radius 2 is 1.90 bits per heavy atom. The number of fused-ring (bicyclic) bond motifs is 2. The second-order valence-electron chi connectivity index (χ2n) is 8.49. The number of benzene rings is 1. The normalized spacial score (nSPS) is 21.1. The Morgan fingerprint density at radius 3 is 2.69 bits per heavy atom. The maximum atomic E-state index is 12.0. The number of ether oxygens (including phenoxy) is 1. The van der Waals surface area contributed by atoms with E-state index >= 15 is 0 Å². The predicted molar refractivity (Wildman–Crippen MR) is 111 cm³/mol. The Hall–Kier alpha value is -2.60. The summed E-state index contributed by atoms with van der Waals surface area (Å²) < 4.78 is 6.26. The van der Waals surface area contributed by atoms with Gasteiger partial charge in [-0.2, -0.15) is 0 Å². The third-order valence-corrected chi connectivity index (χ3v) is 6.58. The molecule has 1 amide bonds. The Bertz CT molecular complexity index is 980. The van der Waals surface area contributed by atoms with E-state index in [4.69, 9.17) is 9.72 Å². The summed E-state index contributed by atoms with van der Waals surface area (Å²) in [5.41, 5.74) is 6.21. The van der Waals surface area contributed by atoms with Crippen LogP contribution < -0.4 is 15.0 Å². The summed E-state index contributed by atoms with van der Waals surface area (Å²) in [4.78, 5) is 19.2. The first-order valence-electron chi connectivity index (χ1n) is 10.5. The summed E-state index contributed by atoms with van der Waals surface area (Å²) in [5, 5.41) is 12.7. The summed E-state index contributed by atoms with van der Waals surface area (Å²) in [7, 11) is 0. The lowest BCUT2D eigenvalue weighted by atomic mass is 10.0. The first-order chi connectivity index (χ1) is 14.0. The fourth-order valence-corrected chi connectivity index (χ4v) is 4.85. The predicted octanol–water partition coefficient (Wildman–Crippen LogP) is 2.45. The molecule has 152 valence electrons. The fraction of sp³-hybridized carbons (Fsp3) is 0.478. The monoisotopic (exact) mass is 393 g/mol. The van der Waals surface area contributed by atoms with Crippen LogP contribution in [0.25, 0.3) is 0 Å². The number of hydrogen-bond donors (Lipinski definition) is 2. The number of aromatic nitrogens is 1. The molecular weight excluding hydrogens is 366 g/mol. The van der Waals surface area contributed by atoms with Crippen LogP contribution in [0.3, 0.4) is 0 Å². The van der Waals surface area contributed by atoms with E-state index in [0.29, 0.717) is 6.54 Å². The molecule has 1 aromatic carbocycles. The van der Waals surface area contributed by atoms with Gasteiger partial charge in [0.25, 0.3) is 5.91 Å². The summed E-state index contributed by atoms with van der Waals surface area (Å²) in [6.45, 7) is 6.38. The molecule has 0 unspecified atom stereocenters. The van der Waals surface area contributed by atoms with Crippen molar-refractivity contribution in [3.05, 3.63) is 51.7 Å². The molecule has 6 heteroatoms. The number of pyridine rings is 1. The van der Waals surface area contributed by atoms with Crippen molar-refractivity contribution >= 4 is 11.7 Å². The molecule has 1 saturated heterocycles. The molecule has 0 radical (unpaired) electrons. The lowest BCUT2D eigenvalue weighted by molar-refractivity contribution is 0.0965. The fourth-order valence-electron chi connectivity index (χ4n) is 4.85. The molecule has 3 heterocycles. The zero-order valence-corrected chi connectivity index (χ0v) is 17.0. The lowest BCUT2D eigenvalue weighted by Crippen LogP contribution is -2.39. The SMILES string of the molecule is Cc1c(N2CCC(Oc3ccc4c(c3)C[C@H](O)C4)CC2)nc2c(c1C)C(=O)NC2. The van der Waals surface area contributed by atoms with Crippen LogP contribution in [-0.4, -0.2) is 41.3 Å². The molecule has 0 bridgehead atoms. The average Bonchev–Trinajstić information content (AvgIpc) is 3.26. The van der Waals surface area contributed by atoms with E-state index in [1.807, 2.05) is 13.0 Å². The average molecular weight is 393 g/mol. The number of rotatable bonds is 3. The van der Waals surface area contributed by atoms with E-state index in [1.165, 1.54) is 11.1 Å². The topological polar surface area (TPSA) is 74.7 Å². The second kappa shape index (κ2) is 7.02. The van der Waals surface area contributed by atoms with Crippen molar-refractivity contribution in [2.24, 2.45) is 0 Å². The number of piperidine rings is 1. The largest absolute Gasteiger partial charge is 0.490 e. The van der Waals surface area contributed by atoms with Gasteiger partial charge in [0.1, 0.15) is 17.7 Å². The summed E-state index contributed by atoms with van der Waals surface area (Å²) in [5.74, 6) is 1.90. The Morgan fingerprint density at radius 1 is 1.14 bits per heavy atom. The maximum absolute atomic E-state index is 12.0. The minimum absolute atomic E-state index is 0.00590. The zero-order chi connectivity index (χ0) is 20.1. The van der Waals surface area contributed by atoms with E-state index < -0.39 is 0 Å². The molecule has 2 aromatic rings. The molecule has 0 spiro atoms. The molecule has 2 aliphatic heterocycles. The first kappa shape index (κ1) is 18.4. The number of nitrogens with one attached hydrogen (secondary N) is 1. The Kier molecular flexibility index (Phi) is 4.46. The molecular formula is C23H27N3O3. The second-order valence-corrected chi connectivity index (χ2v) is 8.49. The Balaban J connectivity index is 1.26. The van der Waals surface area contributed by atoms with Gasteiger partial charge in [0, 0.05) is 25.9 Å². The summed E-state index contributed by atoms with van der Waals surface area (Å²) in [6.07, 6.45) is 3.30. The van der Waals surface area contributed by atoms with Gasteiger partial charge in [0.15, 0.2) is 0 Å². The minimum atomic E-state index is -0.250. The highest BCUT2D eigenvalue weighted by Crippen LogP contribution is 2.31. The maximum Gasteiger partial charge on any atom is 0.253 e. The molecule has 1 fully saturated rings. The molecule has 5 rings (SSSR count). The van der Waals surface area contributed by atoms with Crippen LogP contribution in [0.4, 0.5) is 5.82 Å². The van der Waals surface area contributed by atoms with Gasteiger partial charge in [-0.05, 0) is 61.1 Å². The number of aliphatic hydroxyl groups excluding tert-OH is 1. The van der Waals surface area contributed by atoms with E-state index in [-0.39, 0.29) is 18.1 Å². The van der Waals surface area contributed by atoms with Gasteiger partial charge in [-0.25, -0.2) is 4.98 Å². The molecule has 0 saturated carbocycles. The number of carbonyl (C=O) groups excluding carboxylic acids is 1. The van der Waals surface area contributed by atoms with Crippen molar-refractivity contribution in [2.75, 3.05) is 18.0 Å². The highest BCUT2D eigenvalue weighted by Gasteiger charge is 2.29. The highest BCUT2D eigenvalue weighted by atomic mass is 16.5. The quantitative estimate of drug-likeness (QED) is 0.838. The number of hydrogen-bond acceptors (Lipinski definition) is 5. The molecule has 2 N–H and O–H groups in total. The molecule has 1 atom stereocenters. The van der Waals surface area contributed by atoms with E-state index in [0.717, 1.165) is 72.7 Å². The summed E-state index contributed by atoms with van der Waals surface area (Å²) in [6, 6.07) is 6.21. The van der Waals surface area contributed by atoms with E-state index in [1.54, 1.807) is 0 Å². The zero-order valence-electron chi connectivity index (χ0n) is 17.0. The van der Waals surface area contributed by atoms with E-state index in [9.17, 15) is 9.90 Å². The number of carbonyl (C=O) groups is 1. The number of nitrogens with zero attached hydrogens (tertiary/aromatic N) is 2. The van der Waals surface area contributed by atoms with Gasteiger partial charge in [-0.1, -0.05) is 6.07 Å². The standard InChI is InChI=1S/C23H27N3O3/c1-13-14(2)22(25-20-12-24-23(28)21(13)20)26-7-5-18(6-8-26)29-19-4-3-15-9-17(27)10-16(15)11-19/h3-4,11,17-18,27H,5-10,12H2,1-2H3,(H,24,28)/t17-/m1/s1. The molecule has 6 nitrogen and oxygen atoms in total. The highest BCUT2D eigenvalue weighted by molar-refractivity contribution is 5.99. The number of anilines is 1.